The van der Waals surface area contributed by atoms with Crippen molar-refractivity contribution in [1.82, 2.24) is 9.88 Å². The highest BCUT2D eigenvalue weighted by Gasteiger charge is 2.43. The van der Waals surface area contributed by atoms with E-state index in [0.29, 0.717) is 40.3 Å². The van der Waals surface area contributed by atoms with E-state index >= 15 is 4.39 Å². The van der Waals surface area contributed by atoms with E-state index in [0.717, 1.165) is 55.0 Å². The van der Waals surface area contributed by atoms with Crippen molar-refractivity contribution >= 4 is 30.4 Å². The molecule has 0 amide bonds. The summed E-state index contributed by atoms with van der Waals surface area (Å²) < 4.78 is 26.8. The van der Waals surface area contributed by atoms with Gasteiger partial charge in [0.25, 0.3) is 0 Å². The van der Waals surface area contributed by atoms with Crippen LogP contribution in [0.2, 0.25) is 0 Å². The lowest BCUT2D eigenvalue weighted by Crippen LogP contribution is -2.53. The van der Waals surface area contributed by atoms with Crippen molar-refractivity contribution < 1.29 is 13.3 Å². The fraction of sp³-hybridized carbons (Fsp3) is 0.553. The van der Waals surface area contributed by atoms with Crippen LogP contribution in [0.1, 0.15) is 88.3 Å². The number of alkyl halides is 1. The monoisotopic (exact) mass is 616 g/mol. The molecule has 1 aliphatic carbocycles. The van der Waals surface area contributed by atoms with Crippen LogP contribution >= 0.6 is 0 Å². The third-order valence-electron chi connectivity index (χ3n) is 10.6. The number of benzene rings is 1. The smallest absolute Gasteiger partial charge is 0.234 e. The SMILES string of the molecule is C=Nc1c(C(=NCCCC23CCCN2CCC3)[N+]2(C)CC(C)CCC(C)C2)cnc(-c2cccc3c2C=CCC=C3)c1F.CF. The number of pyridine rings is 1. The Balaban J connectivity index is 0.00000196. The number of fused-ring (bicyclic) bond motifs is 2. The van der Waals surface area contributed by atoms with Crippen molar-refractivity contribution in [2.24, 2.45) is 21.8 Å². The highest BCUT2D eigenvalue weighted by atomic mass is 19.1. The zero-order valence-corrected chi connectivity index (χ0v) is 27.9. The van der Waals surface area contributed by atoms with Gasteiger partial charge in [0, 0.05) is 35.7 Å². The van der Waals surface area contributed by atoms with Gasteiger partial charge < -0.3 is 0 Å². The van der Waals surface area contributed by atoms with Gasteiger partial charge in [-0.15, -0.1) is 0 Å². The summed E-state index contributed by atoms with van der Waals surface area (Å²) in [5, 5.41) is 0. The van der Waals surface area contributed by atoms with Crippen LogP contribution in [-0.2, 0) is 0 Å². The third-order valence-corrected chi connectivity index (χ3v) is 10.6. The molecule has 0 spiro atoms. The minimum Gasteiger partial charge on any atom is -0.298 e. The Morgan fingerprint density at radius 3 is 2.44 bits per heavy atom. The predicted octanol–water partition coefficient (Wildman–Crippen LogP) is 8.90. The number of allylic oxidation sites excluding steroid dienone is 2. The van der Waals surface area contributed by atoms with Gasteiger partial charge in [0.05, 0.1) is 27.3 Å². The number of hydrogen-bond donors (Lipinski definition) is 0. The molecule has 4 heterocycles. The summed E-state index contributed by atoms with van der Waals surface area (Å²) in [6.07, 6.45) is 21.0. The lowest BCUT2D eigenvalue weighted by Gasteiger charge is -2.37. The molecule has 3 aliphatic heterocycles. The maximum Gasteiger partial charge on any atom is 0.234 e. The molecule has 6 rings (SSSR count). The van der Waals surface area contributed by atoms with Crippen molar-refractivity contribution in [2.75, 3.05) is 46.9 Å². The van der Waals surface area contributed by atoms with Crippen LogP contribution in [0.25, 0.3) is 23.4 Å². The molecule has 0 saturated carbocycles. The quantitative estimate of drug-likeness (QED) is 0.135. The Labute approximate surface area is 269 Å². The first kappa shape index (κ1) is 33.3. The molecule has 242 valence electrons. The molecule has 1 aromatic heterocycles. The van der Waals surface area contributed by atoms with E-state index in [1.165, 1.54) is 58.0 Å². The van der Waals surface area contributed by atoms with Crippen molar-refractivity contribution in [2.45, 2.75) is 77.2 Å². The van der Waals surface area contributed by atoms with Gasteiger partial charge in [-0.2, -0.15) is 0 Å². The van der Waals surface area contributed by atoms with Gasteiger partial charge in [0.1, 0.15) is 16.9 Å². The standard InChI is InChI=1S/C37H49FN5.CH3F/c1-27-16-17-28(2)26-43(4,25-27)36(40-21-9-18-37-19-10-22-42(37)23-11-20-37)32-24-41-35(33(38)34(32)39-3)31-15-8-13-29-12-6-5-7-14-30(29)31;1-2/h6-8,12-15,24,27-28H,3,5,9-11,16-23,25-26H2,1-2,4H3;1H3/q+1;. The molecular weight excluding hydrogens is 564 g/mol. The Morgan fingerprint density at radius 2 is 1.76 bits per heavy atom. The highest BCUT2D eigenvalue weighted by Crippen LogP contribution is 2.42. The number of rotatable bonds is 7. The summed E-state index contributed by atoms with van der Waals surface area (Å²) in [6, 6.07) is 6.00. The maximum atomic E-state index is 16.6. The lowest BCUT2D eigenvalue weighted by atomic mass is 9.89. The highest BCUT2D eigenvalue weighted by molar-refractivity contribution is 5.99. The molecule has 45 heavy (non-hydrogen) atoms. The minimum atomic E-state index is -0.413. The molecule has 1 aromatic carbocycles. The van der Waals surface area contributed by atoms with Crippen LogP contribution in [0.4, 0.5) is 14.5 Å². The normalized spacial score (nSPS) is 26.0. The van der Waals surface area contributed by atoms with E-state index in [9.17, 15) is 4.39 Å². The van der Waals surface area contributed by atoms with Crippen molar-refractivity contribution in [3.8, 4) is 11.3 Å². The molecule has 2 unspecified atom stereocenters. The third kappa shape index (κ3) is 6.90. The molecule has 0 radical (unpaired) electrons. The van der Waals surface area contributed by atoms with E-state index in [4.69, 9.17) is 9.98 Å². The van der Waals surface area contributed by atoms with Gasteiger partial charge >= 0.3 is 0 Å². The number of likely N-dealkylation sites (tertiary alicyclic amines) is 1. The van der Waals surface area contributed by atoms with Crippen LogP contribution < -0.4 is 0 Å². The van der Waals surface area contributed by atoms with Crippen LogP contribution in [-0.4, -0.2) is 79.4 Å². The molecule has 3 fully saturated rings. The van der Waals surface area contributed by atoms with E-state index in [1.54, 1.807) is 0 Å². The number of nitrogens with zero attached hydrogens (tertiary/aromatic N) is 5. The predicted molar refractivity (Wildman–Crippen MR) is 185 cm³/mol. The summed E-state index contributed by atoms with van der Waals surface area (Å²) in [4.78, 5) is 17.2. The first-order chi connectivity index (χ1) is 21.8. The fourth-order valence-corrected chi connectivity index (χ4v) is 8.71. The molecule has 7 heteroatoms. The van der Waals surface area contributed by atoms with E-state index in [-0.39, 0.29) is 5.69 Å². The zero-order chi connectivity index (χ0) is 32.0. The van der Waals surface area contributed by atoms with Gasteiger partial charge in [0.15, 0.2) is 5.82 Å². The van der Waals surface area contributed by atoms with Crippen LogP contribution in [0, 0.1) is 17.7 Å². The molecule has 2 aromatic rings. The summed E-state index contributed by atoms with van der Waals surface area (Å²) in [7, 11) is 2.79. The molecule has 5 nitrogen and oxygen atoms in total. The molecule has 0 bridgehead atoms. The van der Waals surface area contributed by atoms with Gasteiger partial charge in [-0.3, -0.25) is 23.7 Å². The second-order valence-corrected chi connectivity index (χ2v) is 14.0. The largest absolute Gasteiger partial charge is 0.298 e. The van der Waals surface area contributed by atoms with Crippen molar-refractivity contribution in [3.05, 3.63) is 59.1 Å². The van der Waals surface area contributed by atoms with Gasteiger partial charge in [0.2, 0.25) is 5.84 Å². The van der Waals surface area contributed by atoms with E-state index < -0.39 is 5.82 Å². The molecule has 0 N–H and O–H groups in total. The number of aromatic nitrogens is 1. The van der Waals surface area contributed by atoms with Crippen LogP contribution in [0.3, 0.4) is 0 Å². The molecule has 2 atom stereocenters. The number of aliphatic imine (C=N–C) groups is 2. The maximum absolute atomic E-state index is 16.6. The van der Waals surface area contributed by atoms with Crippen molar-refractivity contribution in [3.63, 3.8) is 0 Å². The van der Waals surface area contributed by atoms with E-state index in [1.807, 2.05) is 18.3 Å². The van der Waals surface area contributed by atoms with Gasteiger partial charge in [-0.1, -0.05) is 56.4 Å². The van der Waals surface area contributed by atoms with Gasteiger partial charge in [-0.25, -0.2) is 9.38 Å². The Bertz CT molecular complexity index is 1420. The summed E-state index contributed by atoms with van der Waals surface area (Å²) in [6.45, 7) is 13.7. The minimum absolute atomic E-state index is 0.273. The average molecular weight is 617 g/mol. The van der Waals surface area contributed by atoms with Crippen LogP contribution in [0.5, 0.6) is 0 Å². The Kier molecular flexibility index (Phi) is 10.8. The summed E-state index contributed by atoms with van der Waals surface area (Å²) in [5.74, 6) is 1.62. The number of hydrogen-bond acceptors (Lipinski definition) is 4. The molecule has 3 saturated heterocycles. The van der Waals surface area contributed by atoms with Crippen LogP contribution in [0.15, 0.2) is 46.5 Å². The summed E-state index contributed by atoms with van der Waals surface area (Å²) >= 11 is 0. The fourth-order valence-electron chi connectivity index (χ4n) is 8.71. The number of amidine groups is 1. The molecule has 4 aliphatic rings. The Morgan fingerprint density at radius 1 is 1.07 bits per heavy atom. The summed E-state index contributed by atoms with van der Waals surface area (Å²) in [5.41, 5.74) is 4.51. The lowest BCUT2D eigenvalue weighted by molar-refractivity contribution is -0.825. The Hall–Kier alpha value is -3.03. The first-order valence-corrected chi connectivity index (χ1v) is 17.0. The average Bonchev–Trinajstić information content (AvgIpc) is 3.47. The second-order valence-electron chi connectivity index (χ2n) is 14.0. The topological polar surface area (TPSA) is 40.9 Å². The zero-order valence-electron chi connectivity index (χ0n) is 27.9. The second kappa shape index (κ2) is 14.6. The molecular formula is C38H52F2N5+. The first-order valence-electron chi connectivity index (χ1n) is 17.0. The van der Waals surface area contributed by atoms with Crippen molar-refractivity contribution in [1.29, 1.82) is 0 Å². The number of quaternary nitrogens is 1. The number of halogens is 2. The van der Waals surface area contributed by atoms with Gasteiger partial charge in [-0.05, 0) is 88.7 Å². The van der Waals surface area contributed by atoms with E-state index in [2.05, 4.69) is 67.9 Å².